The molecule has 1 aromatic heterocycles. The van der Waals surface area contributed by atoms with Crippen LogP contribution in [0.25, 0.3) is 10.9 Å². The predicted molar refractivity (Wildman–Crippen MR) is 106 cm³/mol. The van der Waals surface area contributed by atoms with E-state index < -0.39 is 10.0 Å². The van der Waals surface area contributed by atoms with Crippen LogP contribution in [-0.2, 0) is 22.9 Å². The van der Waals surface area contributed by atoms with Crippen molar-refractivity contribution in [1.82, 2.24) is 4.98 Å². The molecule has 0 atom stereocenters. The summed E-state index contributed by atoms with van der Waals surface area (Å²) >= 11 is 0. The number of anilines is 1. The van der Waals surface area contributed by atoms with Crippen molar-refractivity contribution in [3.63, 3.8) is 0 Å². The molecule has 0 fully saturated rings. The zero-order valence-corrected chi connectivity index (χ0v) is 16.0. The molecule has 0 unspecified atom stereocenters. The van der Waals surface area contributed by atoms with Gasteiger partial charge in [0.15, 0.2) is 0 Å². The summed E-state index contributed by atoms with van der Waals surface area (Å²) in [6.07, 6.45) is 5.66. The predicted octanol–water partition coefficient (Wildman–Crippen LogP) is 4.85. The number of nitrogens with one attached hydrogen (secondary N) is 2. The van der Waals surface area contributed by atoms with Gasteiger partial charge in [0, 0.05) is 22.3 Å². The fourth-order valence-corrected chi connectivity index (χ4v) is 5.04. The first-order valence-corrected chi connectivity index (χ1v) is 10.7. The number of aromatic nitrogens is 1. The SMILES string of the molecule is Cc1cc(C)cc(NS(=O)(=O)c2ccc3[nH]c4c(c3c2)CCCCC4)c1. The second kappa shape index (κ2) is 6.47. The van der Waals surface area contributed by atoms with E-state index in [0.717, 1.165) is 41.3 Å². The Morgan fingerprint density at radius 1 is 0.923 bits per heavy atom. The Morgan fingerprint density at radius 3 is 2.42 bits per heavy atom. The van der Waals surface area contributed by atoms with Crippen LogP contribution in [0.3, 0.4) is 0 Å². The molecule has 2 aromatic carbocycles. The molecule has 0 spiro atoms. The van der Waals surface area contributed by atoms with Crippen molar-refractivity contribution in [1.29, 1.82) is 0 Å². The molecule has 0 amide bonds. The number of sulfonamides is 1. The van der Waals surface area contributed by atoms with Crippen LogP contribution < -0.4 is 4.72 Å². The van der Waals surface area contributed by atoms with Gasteiger partial charge in [-0.3, -0.25) is 4.72 Å². The minimum atomic E-state index is -3.62. The van der Waals surface area contributed by atoms with Crippen LogP contribution in [0, 0.1) is 13.8 Å². The minimum absolute atomic E-state index is 0.315. The van der Waals surface area contributed by atoms with Crippen LogP contribution in [-0.4, -0.2) is 13.4 Å². The normalized spacial score (nSPS) is 14.8. The molecule has 4 rings (SSSR count). The van der Waals surface area contributed by atoms with Gasteiger partial charge in [-0.25, -0.2) is 8.42 Å². The summed E-state index contributed by atoms with van der Waals surface area (Å²) in [7, 11) is -3.62. The van der Waals surface area contributed by atoms with Crippen molar-refractivity contribution >= 4 is 26.6 Å². The second-order valence-corrected chi connectivity index (χ2v) is 9.01. The zero-order valence-electron chi connectivity index (χ0n) is 15.2. The maximum atomic E-state index is 12.9. The third kappa shape index (κ3) is 3.23. The smallest absolute Gasteiger partial charge is 0.261 e. The van der Waals surface area contributed by atoms with Crippen LogP contribution >= 0.6 is 0 Å². The van der Waals surface area contributed by atoms with Crippen LogP contribution in [0.1, 0.15) is 41.6 Å². The summed E-state index contributed by atoms with van der Waals surface area (Å²) < 4.78 is 28.5. The Kier molecular flexibility index (Phi) is 4.27. The molecular weight excluding hydrogens is 344 g/mol. The highest BCUT2D eigenvalue weighted by Crippen LogP contribution is 2.30. The number of aryl methyl sites for hydroxylation is 4. The molecule has 26 heavy (non-hydrogen) atoms. The second-order valence-electron chi connectivity index (χ2n) is 7.33. The van der Waals surface area contributed by atoms with Crippen LogP contribution in [0.4, 0.5) is 5.69 Å². The quantitative estimate of drug-likeness (QED) is 0.649. The van der Waals surface area contributed by atoms with Gasteiger partial charge < -0.3 is 4.98 Å². The van der Waals surface area contributed by atoms with Crippen LogP contribution in [0.15, 0.2) is 41.3 Å². The fourth-order valence-electron chi connectivity index (χ4n) is 3.98. The van der Waals surface area contributed by atoms with E-state index in [9.17, 15) is 8.42 Å². The van der Waals surface area contributed by atoms with Gasteiger partial charge in [0.25, 0.3) is 10.0 Å². The van der Waals surface area contributed by atoms with Crippen molar-refractivity contribution < 1.29 is 8.42 Å². The molecule has 1 aliphatic rings. The van der Waals surface area contributed by atoms with E-state index in [1.54, 1.807) is 6.07 Å². The van der Waals surface area contributed by atoms with Gasteiger partial charge in [0.2, 0.25) is 0 Å². The largest absolute Gasteiger partial charge is 0.358 e. The molecule has 1 aliphatic carbocycles. The Labute approximate surface area is 154 Å². The highest BCUT2D eigenvalue weighted by atomic mass is 32.2. The van der Waals surface area contributed by atoms with E-state index in [4.69, 9.17) is 0 Å². The van der Waals surface area contributed by atoms with Crippen LogP contribution in [0.2, 0.25) is 0 Å². The first-order valence-electron chi connectivity index (χ1n) is 9.17. The molecule has 0 saturated heterocycles. The number of fused-ring (bicyclic) bond motifs is 3. The van der Waals surface area contributed by atoms with E-state index in [2.05, 4.69) is 9.71 Å². The van der Waals surface area contributed by atoms with Gasteiger partial charge in [-0.15, -0.1) is 0 Å². The molecule has 0 saturated carbocycles. The average molecular weight is 369 g/mol. The summed E-state index contributed by atoms with van der Waals surface area (Å²) in [6.45, 7) is 3.93. The summed E-state index contributed by atoms with van der Waals surface area (Å²) in [5.74, 6) is 0. The number of benzene rings is 2. The lowest BCUT2D eigenvalue weighted by molar-refractivity contribution is 0.601. The summed E-state index contributed by atoms with van der Waals surface area (Å²) in [5.41, 5.74) is 6.27. The average Bonchev–Trinajstić information content (AvgIpc) is 2.74. The lowest BCUT2D eigenvalue weighted by atomic mass is 10.1. The maximum absolute atomic E-state index is 12.9. The summed E-state index contributed by atoms with van der Waals surface area (Å²) in [6, 6.07) is 11.1. The third-order valence-electron chi connectivity index (χ3n) is 5.10. The molecular formula is C21H24N2O2S. The van der Waals surface area contributed by atoms with E-state index in [0.29, 0.717) is 10.6 Å². The Hall–Kier alpha value is -2.27. The molecule has 5 heteroatoms. The number of H-pyrrole nitrogens is 1. The molecule has 3 aromatic rings. The molecule has 136 valence electrons. The van der Waals surface area contributed by atoms with E-state index in [1.807, 2.05) is 44.2 Å². The molecule has 1 heterocycles. The van der Waals surface area contributed by atoms with Gasteiger partial charge >= 0.3 is 0 Å². The van der Waals surface area contributed by atoms with Crippen molar-refractivity contribution in [3.8, 4) is 0 Å². The number of aromatic amines is 1. The highest BCUT2D eigenvalue weighted by molar-refractivity contribution is 7.92. The van der Waals surface area contributed by atoms with Crippen LogP contribution in [0.5, 0.6) is 0 Å². The van der Waals surface area contributed by atoms with Gasteiger partial charge in [-0.05, 0) is 86.6 Å². The fraction of sp³-hybridized carbons (Fsp3) is 0.333. The summed E-state index contributed by atoms with van der Waals surface area (Å²) in [4.78, 5) is 3.80. The molecule has 0 radical (unpaired) electrons. The third-order valence-corrected chi connectivity index (χ3v) is 6.48. The van der Waals surface area contributed by atoms with Gasteiger partial charge in [0.1, 0.15) is 0 Å². The van der Waals surface area contributed by atoms with Crippen molar-refractivity contribution in [3.05, 3.63) is 58.8 Å². The summed E-state index contributed by atoms with van der Waals surface area (Å²) in [5, 5.41) is 1.05. The Morgan fingerprint density at radius 2 is 1.65 bits per heavy atom. The maximum Gasteiger partial charge on any atom is 0.261 e. The zero-order chi connectivity index (χ0) is 18.3. The van der Waals surface area contributed by atoms with Gasteiger partial charge in [-0.1, -0.05) is 12.5 Å². The van der Waals surface area contributed by atoms with Gasteiger partial charge in [0.05, 0.1) is 4.90 Å². The lowest BCUT2D eigenvalue weighted by Crippen LogP contribution is -2.13. The first-order chi connectivity index (χ1) is 12.4. The topological polar surface area (TPSA) is 62.0 Å². The molecule has 2 N–H and O–H groups in total. The Bertz CT molecular complexity index is 1060. The lowest BCUT2D eigenvalue weighted by Gasteiger charge is -2.10. The van der Waals surface area contributed by atoms with Crippen molar-refractivity contribution in [2.45, 2.75) is 50.8 Å². The molecule has 0 aliphatic heterocycles. The van der Waals surface area contributed by atoms with Crippen molar-refractivity contribution in [2.75, 3.05) is 4.72 Å². The Balaban J connectivity index is 1.74. The number of rotatable bonds is 3. The standard InChI is InChI=1S/C21H24N2O2S/c1-14-10-15(2)12-16(11-14)23-26(24,25)17-8-9-21-19(13-17)18-6-4-3-5-7-20(18)22-21/h8-13,22-23H,3-7H2,1-2H3. The molecule has 4 nitrogen and oxygen atoms in total. The van der Waals surface area contributed by atoms with E-state index >= 15 is 0 Å². The van der Waals surface area contributed by atoms with E-state index in [-0.39, 0.29) is 0 Å². The first kappa shape index (κ1) is 17.2. The highest BCUT2D eigenvalue weighted by Gasteiger charge is 2.19. The van der Waals surface area contributed by atoms with Crippen molar-refractivity contribution in [2.24, 2.45) is 0 Å². The minimum Gasteiger partial charge on any atom is -0.358 e. The molecule has 0 bridgehead atoms. The number of hydrogen-bond acceptors (Lipinski definition) is 2. The monoisotopic (exact) mass is 368 g/mol. The van der Waals surface area contributed by atoms with Gasteiger partial charge in [-0.2, -0.15) is 0 Å². The number of hydrogen-bond donors (Lipinski definition) is 2. The van der Waals surface area contributed by atoms with E-state index in [1.165, 1.54) is 24.1 Å².